The molecule has 4 heteroatoms. The standard InChI is InChI=1S/C11H14N2O2/c1-2-3-9-15-10-5-4-7-13(8-6-12)11(10)14/h4-5,7H,2-3,8-9H2,1H3. The van der Waals surface area contributed by atoms with E-state index < -0.39 is 0 Å². The maximum Gasteiger partial charge on any atom is 0.293 e. The molecule has 0 aliphatic carbocycles. The van der Waals surface area contributed by atoms with Gasteiger partial charge >= 0.3 is 0 Å². The molecule has 0 N–H and O–H groups in total. The van der Waals surface area contributed by atoms with Gasteiger partial charge < -0.3 is 4.74 Å². The normalized spacial score (nSPS) is 9.60. The Morgan fingerprint density at radius 2 is 2.40 bits per heavy atom. The molecule has 0 radical (unpaired) electrons. The third-order valence-electron chi connectivity index (χ3n) is 1.98. The van der Waals surface area contributed by atoms with Crippen LogP contribution in [0.1, 0.15) is 19.8 Å². The molecule has 0 aliphatic heterocycles. The van der Waals surface area contributed by atoms with Crippen molar-refractivity contribution in [2.24, 2.45) is 0 Å². The van der Waals surface area contributed by atoms with Crippen LogP contribution in [0, 0.1) is 11.3 Å². The minimum atomic E-state index is -0.241. The Hall–Kier alpha value is -1.76. The average Bonchev–Trinajstić information content (AvgIpc) is 2.24. The van der Waals surface area contributed by atoms with Crippen molar-refractivity contribution < 1.29 is 4.74 Å². The van der Waals surface area contributed by atoms with Gasteiger partial charge in [0.25, 0.3) is 5.56 Å². The molecule has 0 bridgehead atoms. The SMILES string of the molecule is CCCCOc1cccn(CC#N)c1=O. The highest BCUT2D eigenvalue weighted by Crippen LogP contribution is 2.02. The molecule has 0 unspecified atom stereocenters. The molecule has 0 saturated heterocycles. The first-order valence-corrected chi connectivity index (χ1v) is 4.98. The van der Waals surface area contributed by atoms with Crippen molar-refractivity contribution in [1.29, 1.82) is 5.26 Å². The van der Waals surface area contributed by atoms with Gasteiger partial charge in [-0.25, -0.2) is 0 Å². The second-order valence-electron chi connectivity index (χ2n) is 3.17. The fraction of sp³-hybridized carbons (Fsp3) is 0.455. The van der Waals surface area contributed by atoms with Gasteiger partial charge in [-0.15, -0.1) is 0 Å². The van der Waals surface area contributed by atoms with Crippen LogP contribution in [0.2, 0.25) is 0 Å². The molecular formula is C11H14N2O2. The number of rotatable bonds is 5. The number of ether oxygens (including phenoxy) is 1. The highest BCUT2D eigenvalue weighted by molar-refractivity contribution is 5.17. The van der Waals surface area contributed by atoms with E-state index in [1.807, 2.05) is 6.07 Å². The summed E-state index contributed by atoms with van der Waals surface area (Å²) in [6.45, 7) is 2.66. The zero-order valence-electron chi connectivity index (χ0n) is 8.77. The summed E-state index contributed by atoms with van der Waals surface area (Å²) in [5, 5.41) is 8.50. The predicted molar refractivity (Wildman–Crippen MR) is 56.7 cm³/mol. The monoisotopic (exact) mass is 206 g/mol. The van der Waals surface area contributed by atoms with Crippen molar-refractivity contribution in [1.82, 2.24) is 4.57 Å². The first-order valence-electron chi connectivity index (χ1n) is 4.98. The lowest BCUT2D eigenvalue weighted by atomic mass is 10.3. The second-order valence-corrected chi connectivity index (χ2v) is 3.17. The van der Waals surface area contributed by atoms with Crippen molar-refractivity contribution in [3.8, 4) is 11.8 Å². The summed E-state index contributed by atoms with van der Waals surface area (Å²) in [7, 11) is 0. The van der Waals surface area contributed by atoms with Gasteiger partial charge in [-0.2, -0.15) is 5.26 Å². The quantitative estimate of drug-likeness (QED) is 0.687. The van der Waals surface area contributed by atoms with Crippen LogP contribution in [0.5, 0.6) is 5.75 Å². The van der Waals surface area contributed by atoms with Crippen molar-refractivity contribution in [3.63, 3.8) is 0 Å². The Morgan fingerprint density at radius 1 is 1.60 bits per heavy atom. The van der Waals surface area contributed by atoms with E-state index in [4.69, 9.17) is 10.00 Å². The maximum absolute atomic E-state index is 11.6. The van der Waals surface area contributed by atoms with Crippen LogP contribution in [0.15, 0.2) is 23.1 Å². The third kappa shape index (κ3) is 3.13. The molecule has 1 aromatic heterocycles. The second kappa shape index (κ2) is 5.86. The number of hydrogen-bond donors (Lipinski definition) is 0. The molecule has 1 rings (SSSR count). The van der Waals surface area contributed by atoms with Crippen LogP contribution in [0.25, 0.3) is 0 Å². The van der Waals surface area contributed by atoms with Crippen LogP contribution in [-0.4, -0.2) is 11.2 Å². The fourth-order valence-corrected chi connectivity index (χ4v) is 1.15. The van der Waals surface area contributed by atoms with Gasteiger partial charge in [0.15, 0.2) is 5.75 Å². The largest absolute Gasteiger partial charge is 0.488 e. The molecule has 0 amide bonds. The topological polar surface area (TPSA) is 55.0 Å². The average molecular weight is 206 g/mol. The minimum absolute atomic E-state index is 0.0593. The lowest BCUT2D eigenvalue weighted by Crippen LogP contribution is -2.21. The summed E-state index contributed by atoms with van der Waals surface area (Å²) >= 11 is 0. The molecule has 0 atom stereocenters. The van der Waals surface area contributed by atoms with Gasteiger partial charge in [0.2, 0.25) is 0 Å². The number of nitriles is 1. The minimum Gasteiger partial charge on any atom is -0.488 e. The molecular weight excluding hydrogens is 192 g/mol. The Morgan fingerprint density at radius 3 is 3.07 bits per heavy atom. The summed E-state index contributed by atoms with van der Waals surface area (Å²) in [6, 6.07) is 5.27. The molecule has 0 aromatic carbocycles. The van der Waals surface area contributed by atoms with Gasteiger partial charge in [0, 0.05) is 6.20 Å². The van der Waals surface area contributed by atoms with Crippen LogP contribution in [0.3, 0.4) is 0 Å². The van der Waals surface area contributed by atoms with Gasteiger partial charge in [0.1, 0.15) is 6.54 Å². The van der Waals surface area contributed by atoms with Gasteiger partial charge in [-0.05, 0) is 18.6 Å². The number of aromatic nitrogens is 1. The maximum atomic E-state index is 11.6. The molecule has 1 heterocycles. The number of pyridine rings is 1. The summed E-state index contributed by atoms with van der Waals surface area (Å²) in [5.41, 5.74) is -0.241. The van der Waals surface area contributed by atoms with Gasteiger partial charge in [-0.3, -0.25) is 9.36 Å². The Balaban J connectivity index is 2.77. The molecule has 0 fully saturated rings. The van der Waals surface area contributed by atoms with E-state index in [1.165, 1.54) is 4.57 Å². The lowest BCUT2D eigenvalue weighted by Gasteiger charge is -2.06. The van der Waals surface area contributed by atoms with Crippen molar-refractivity contribution in [2.45, 2.75) is 26.3 Å². The van der Waals surface area contributed by atoms with Crippen molar-refractivity contribution in [3.05, 3.63) is 28.7 Å². The molecule has 15 heavy (non-hydrogen) atoms. The summed E-state index contributed by atoms with van der Waals surface area (Å²) in [4.78, 5) is 11.6. The van der Waals surface area contributed by atoms with Gasteiger partial charge in [0.05, 0.1) is 12.7 Å². The van der Waals surface area contributed by atoms with Gasteiger partial charge in [-0.1, -0.05) is 13.3 Å². The molecule has 0 aliphatic rings. The van der Waals surface area contributed by atoms with Crippen molar-refractivity contribution in [2.75, 3.05) is 6.61 Å². The van der Waals surface area contributed by atoms with Crippen LogP contribution in [-0.2, 0) is 6.54 Å². The Labute approximate surface area is 88.7 Å². The third-order valence-corrected chi connectivity index (χ3v) is 1.98. The lowest BCUT2D eigenvalue weighted by molar-refractivity contribution is 0.303. The van der Waals surface area contributed by atoms with Crippen LogP contribution in [0.4, 0.5) is 0 Å². The molecule has 1 aromatic rings. The Kier molecular flexibility index (Phi) is 4.42. The van der Waals surface area contributed by atoms with E-state index in [9.17, 15) is 4.79 Å². The van der Waals surface area contributed by atoms with E-state index >= 15 is 0 Å². The van der Waals surface area contributed by atoms with E-state index in [1.54, 1.807) is 18.3 Å². The predicted octanol–water partition coefficient (Wildman–Crippen LogP) is 1.55. The first kappa shape index (κ1) is 11.3. The molecule has 4 nitrogen and oxygen atoms in total. The summed E-state index contributed by atoms with van der Waals surface area (Å²) < 4.78 is 6.66. The zero-order valence-corrected chi connectivity index (χ0v) is 8.77. The number of hydrogen-bond acceptors (Lipinski definition) is 3. The van der Waals surface area contributed by atoms with Crippen molar-refractivity contribution >= 4 is 0 Å². The molecule has 0 saturated carbocycles. The summed E-state index contributed by atoms with van der Waals surface area (Å²) in [5.74, 6) is 0.321. The number of nitrogens with zero attached hydrogens (tertiary/aromatic N) is 2. The van der Waals surface area contributed by atoms with E-state index in [-0.39, 0.29) is 12.1 Å². The van der Waals surface area contributed by atoms with E-state index in [2.05, 4.69) is 6.92 Å². The highest BCUT2D eigenvalue weighted by atomic mass is 16.5. The fourth-order valence-electron chi connectivity index (χ4n) is 1.15. The van der Waals surface area contributed by atoms with Crippen LogP contribution < -0.4 is 10.3 Å². The smallest absolute Gasteiger partial charge is 0.293 e. The van der Waals surface area contributed by atoms with E-state index in [0.29, 0.717) is 12.4 Å². The molecule has 80 valence electrons. The highest BCUT2D eigenvalue weighted by Gasteiger charge is 2.02. The van der Waals surface area contributed by atoms with E-state index in [0.717, 1.165) is 12.8 Å². The first-order chi connectivity index (χ1) is 7.29. The number of unbranched alkanes of at least 4 members (excludes halogenated alkanes) is 1. The van der Waals surface area contributed by atoms with Crippen LogP contribution >= 0.6 is 0 Å². The zero-order chi connectivity index (χ0) is 11.1. The summed E-state index contributed by atoms with van der Waals surface area (Å²) in [6.07, 6.45) is 3.53. The molecule has 0 spiro atoms. The Bertz CT molecular complexity index is 404.